The summed E-state index contributed by atoms with van der Waals surface area (Å²) in [7, 11) is 0. The molecule has 0 aliphatic heterocycles. The van der Waals surface area contributed by atoms with Crippen LogP contribution in [0.15, 0.2) is 89.6 Å². The molecule has 0 saturated carbocycles. The van der Waals surface area contributed by atoms with Crippen molar-refractivity contribution in [3.63, 3.8) is 0 Å². The van der Waals surface area contributed by atoms with Crippen molar-refractivity contribution in [2.24, 2.45) is 11.3 Å². The molecule has 4 aromatic heterocycles. The smallest absolute Gasteiger partial charge is 0 e. The van der Waals surface area contributed by atoms with Crippen LogP contribution in [0, 0.1) is 51.1 Å². The van der Waals surface area contributed by atoms with Crippen LogP contribution in [0.1, 0.15) is 74.9 Å². The third-order valence-electron chi connectivity index (χ3n) is 9.30. The van der Waals surface area contributed by atoms with Crippen LogP contribution in [0.2, 0.25) is 17.3 Å². The largest absolute Gasteiger partial charge is 0 e. The van der Waals surface area contributed by atoms with Gasteiger partial charge in [0, 0.05) is 41.4 Å². The van der Waals surface area contributed by atoms with E-state index in [9.17, 15) is 0 Å². The summed E-state index contributed by atoms with van der Waals surface area (Å²) in [6, 6.07) is 30.3. The van der Waals surface area contributed by atoms with Crippen LogP contribution in [0.5, 0.6) is 0 Å². The zero-order valence-corrected chi connectivity index (χ0v) is 38.4. The molecular formula is C49H55GeIrN3O-2. The third kappa shape index (κ3) is 10.1. The van der Waals surface area contributed by atoms with Crippen LogP contribution in [-0.4, -0.2) is 28.2 Å². The average Bonchev–Trinajstić information content (AvgIpc) is 3.50. The molecule has 4 nitrogen and oxygen atoms in total. The van der Waals surface area contributed by atoms with Gasteiger partial charge in [-0.05, 0) is 74.5 Å². The van der Waals surface area contributed by atoms with E-state index in [1.807, 2.05) is 81.6 Å². The van der Waals surface area contributed by atoms with Crippen molar-refractivity contribution in [3.05, 3.63) is 131 Å². The first kappa shape index (κ1) is 35.5. The Labute approximate surface area is 352 Å². The SMILES string of the molecule is [2H]C([2H])([2H])c1cnc(-c2[c-]cc3oc4nc(-c5c(C)cc(C)cc5C)ccc4c3c2)cc1CC(C)C.[2H]C([2H])(c1cc(-c2[c-]cccc2)nc[c]1[Ge]([CH3])([CH3])[CH3])C(C)(C)C.[Ir]. The summed E-state index contributed by atoms with van der Waals surface area (Å²) < 4.78 is 48.4. The van der Waals surface area contributed by atoms with E-state index in [-0.39, 0.29) is 20.1 Å². The fraction of sp³-hybridized carbons (Fsp3) is 0.327. The van der Waals surface area contributed by atoms with Gasteiger partial charge in [0.2, 0.25) is 5.71 Å². The topological polar surface area (TPSA) is 51.8 Å². The molecule has 287 valence electrons. The van der Waals surface area contributed by atoms with Crippen molar-refractivity contribution in [2.75, 3.05) is 0 Å². The molecule has 4 heterocycles. The van der Waals surface area contributed by atoms with Crippen molar-refractivity contribution in [2.45, 2.75) is 92.3 Å². The van der Waals surface area contributed by atoms with Gasteiger partial charge < -0.3 is 9.40 Å². The number of hydrogen-bond acceptors (Lipinski definition) is 4. The van der Waals surface area contributed by atoms with Crippen molar-refractivity contribution in [1.82, 2.24) is 15.0 Å². The molecule has 0 N–H and O–H groups in total. The van der Waals surface area contributed by atoms with Gasteiger partial charge in [-0.3, -0.25) is 0 Å². The Kier molecular flexibility index (Phi) is 11.0. The minimum Gasteiger partial charge on any atom is 0 e. The maximum Gasteiger partial charge on any atom is 0 e. The second kappa shape index (κ2) is 17.1. The van der Waals surface area contributed by atoms with Gasteiger partial charge in [0.1, 0.15) is 0 Å². The molecular weight excluding hydrogens is 911 g/mol. The first-order chi connectivity index (χ1) is 27.5. The Balaban J connectivity index is 0.000000247. The van der Waals surface area contributed by atoms with E-state index >= 15 is 0 Å². The average molecular weight is 972 g/mol. The standard InChI is InChI=1S/C30H29N2O.C19H26GeN.Ir/c1-17(2)11-23-15-27(31-16-21(23)6)22-7-10-28-25(14-22)24-8-9-26(32-30(24)33-28)29-19(4)12-18(3)13-20(29)5;1-19(2,3)13-16-12-18(15-10-8-7-9-11-15)21-14-17(16)20(4,5)6;/h8-10,12-17H,11H2,1-6H3;7-10,12,14H,13H2,1-6H3;/q2*-1;/i6D3;13D2;. The van der Waals surface area contributed by atoms with Crippen LogP contribution < -0.4 is 4.40 Å². The molecule has 7 rings (SSSR count). The Hall–Kier alpha value is -3.90. The second-order valence-electron chi connectivity index (χ2n) is 16.9. The Morgan fingerprint density at radius 3 is 2.13 bits per heavy atom. The molecule has 0 amide bonds. The van der Waals surface area contributed by atoms with E-state index in [2.05, 4.69) is 92.2 Å². The second-order valence-corrected chi connectivity index (χ2v) is 27.5. The van der Waals surface area contributed by atoms with E-state index in [0.29, 0.717) is 34.9 Å². The minimum absolute atomic E-state index is 0. The summed E-state index contributed by atoms with van der Waals surface area (Å²) in [5.41, 5.74) is 11.6. The van der Waals surface area contributed by atoms with Gasteiger partial charge in [-0.2, -0.15) is 0 Å². The molecule has 0 aliphatic rings. The zero-order chi connectivity index (χ0) is 43.2. The first-order valence-corrected chi connectivity index (χ1v) is 26.1. The summed E-state index contributed by atoms with van der Waals surface area (Å²) >= 11 is -2.24. The molecule has 0 spiro atoms. The van der Waals surface area contributed by atoms with Gasteiger partial charge in [0.05, 0.1) is 11.3 Å². The van der Waals surface area contributed by atoms with E-state index < -0.39 is 31.9 Å². The Bertz CT molecular complexity index is 2620. The number of fused-ring (bicyclic) bond motifs is 3. The molecule has 0 aliphatic carbocycles. The van der Waals surface area contributed by atoms with Crippen molar-refractivity contribution in [3.8, 4) is 33.8 Å². The summed E-state index contributed by atoms with van der Waals surface area (Å²) in [5.74, 6) is 7.18. The van der Waals surface area contributed by atoms with Crippen LogP contribution in [0.3, 0.4) is 0 Å². The zero-order valence-electron chi connectivity index (χ0n) is 39.0. The Morgan fingerprint density at radius 2 is 1.49 bits per heavy atom. The molecule has 0 unspecified atom stereocenters. The molecule has 1 radical (unpaired) electrons. The maximum atomic E-state index is 8.76. The van der Waals surface area contributed by atoms with Crippen LogP contribution in [0.25, 0.3) is 55.8 Å². The number of rotatable bonds is 7. The summed E-state index contributed by atoms with van der Waals surface area (Å²) in [4.78, 5) is 14.0. The number of furan rings is 1. The molecule has 0 fully saturated rings. The van der Waals surface area contributed by atoms with Crippen molar-refractivity contribution in [1.29, 1.82) is 0 Å². The predicted octanol–water partition coefficient (Wildman–Crippen LogP) is 12.6. The van der Waals surface area contributed by atoms with E-state index in [4.69, 9.17) is 16.3 Å². The number of pyridine rings is 3. The summed E-state index contributed by atoms with van der Waals surface area (Å²) in [6.45, 7) is 14.2. The quantitative estimate of drug-likeness (QED) is 0.118. The fourth-order valence-corrected chi connectivity index (χ4v) is 9.91. The summed E-state index contributed by atoms with van der Waals surface area (Å²) in [5, 5.41) is 1.86. The Morgan fingerprint density at radius 1 is 0.800 bits per heavy atom. The number of hydrogen-bond donors (Lipinski definition) is 0. The monoisotopic (exact) mass is 973 g/mol. The number of nitrogens with zero attached hydrogens (tertiary/aromatic N) is 3. The van der Waals surface area contributed by atoms with Gasteiger partial charge in [-0.25, -0.2) is 4.98 Å². The molecule has 7 aromatic rings. The predicted molar refractivity (Wildman–Crippen MR) is 231 cm³/mol. The van der Waals surface area contributed by atoms with Crippen LogP contribution in [0.4, 0.5) is 0 Å². The van der Waals surface area contributed by atoms with Gasteiger partial charge in [-0.1, -0.05) is 48.6 Å². The van der Waals surface area contributed by atoms with Gasteiger partial charge in [0.15, 0.2) is 0 Å². The molecule has 55 heavy (non-hydrogen) atoms. The first-order valence-electron chi connectivity index (χ1n) is 21.3. The fourth-order valence-electron chi connectivity index (χ4n) is 6.99. The maximum absolute atomic E-state index is 8.76. The van der Waals surface area contributed by atoms with Gasteiger partial charge in [-0.15, -0.1) is 23.8 Å². The number of benzene rings is 3. The number of aromatic nitrogens is 3. The molecule has 0 bridgehead atoms. The van der Waals surface area contributed by atoms with Crippen molar-refractivity contribution >= 4 is 39.7 Å². The van der Waals surface area contributed by atoms with E-state index in [0.717, 1.165) is 54.4 Å². The molecule has 6 heteroatoms. The van der Waals surface area contributed by atoms with Gasteiger partial charge >= 0.3 is 135 Å². The molecule has 0 saturated heterocycles. The van der Waals surface area contributed by atoms with E-state index in [1.54, 1.807) is 0 Å². The van der Waals surface area contributed by atoms with E-state index in [1.165, 1.54) is 22.9 Å². The third-order valence-corrected chi connectivity index (χ3v) is 13.5. The minimum atomic E-state index is -2.24. The van der Waals surface area contributed by atoms with Crippen LogP contribution >= 0.6 is 0 Å². The molecule has 3 aromatic carbocycles. The van der Waals surface area contributed by atoms with Crippen LogP contribution in [-0.2, 0) is 32.9 Å². The van der Waals surface area contributed by atoms with Crippen molar-refractivity contribution < 1.29 is 31.4 Å². The number of aryl methyl sites for hydroxylation is 4. The summed E-state index contributed by atoms with van der Waals surface area (Å²) in [6.07, 6.45) is 2.67. The molecule has 0 atom stereocenters. The normalized spacial score (nSPS) is 13.6. The van der Waals surface area contributed by atoms with Gasteiger partial charge in [0.25, 0.3) is 0 Å².